The zero-order chi connectivity index (χ0) is 17.1. The van der Waals surface area contributed by atoms with Crippen molar-refractivity contribution in [3.8, 4) is 5.69 Å². The van der Waals surface area contributed by atoms with Crippen molar-refractivity contribution >= 4 is 5.91 Å². The van der Waals surface area contributed by atoms with Gasteiger partial charge in [0.2, 0.25) is 0 Å². The van der Waals surface area contributed by atoms with Crippen LogP contribution in [0.1, 0.15) is 47.4 Å². The first-order valence-corrected chi connectivity index (χ1v) is 8.49. The maximum Gasteiger partial charge on any atom is 0.273 e. The maximum absolute atomic E-state index is 12.5. The highest BCUT2D eigenvalue weighted by atomic mass is 16.3. The summed E-state index contributed by atoms with van der Waals surface area (Å²) in [5.74, 6) is 0.209. The van der Waals surface area contributed by atoms with Gasteiger partial charge in [0.15, 0.2) is 5.69 Å². The lowest BCUT2D eigenvalue weighted by molar-refractivity contribution is 0.0908. The van der Waals surface area contributed by atoms with Crippen LogP contribution in [-0.4, -0.2) is 38.7 Å². The summed E-state index contributed by atoms with van der Waals surface area (Å²) in [5.41, 5.74) is 3.18. The van der Waals surface area contributed by atoms with Gasteiger partial charge < -0.3 is 10.4 Å². The van der Waals surface area contributed by atoms with Gasteiger partial charge in [0.1, 0.15) is 0 Å². The van der Waals surface area contributed by atoms with E-state index in [0.29, 0.717) is 11.6 Å². The number of aliphatic hydroxyl groups excluding tert-OH is 1. The van der Waals surface area contributed by atoms with Crippen molar-refractivity contribution in [2.24, 2.45) is 5.92 Å². The molecule has 128 valence electrons. The molecule has 1 saturated carbocycles. The second-order valence-electron chi connectivity index (χ2n) is 6.64. The van der Waals surface area contributed by atoms with Crippen LogP contribution in [0.25, 0.3) is 5.69 Å². The van der Waals surface area contributed by atoms with Gasteiger partial charge in [0.05, 0.1) is 11.4 Å². The van der Waals surface area contributed by atoms with Crippen LogP contribution in [-0.2, 0) is 0 Å². The minimum absolute atomic E-state index is 0.157. The highest BCUT2D eigenvalue weighted by Crippen LogP contribution is 2.24. The molecule has 0 radical (unpaired) electrons. The van der Waals surface area contributed by atoms with Gasteiger partial charge in [-0.15, -0.1) is 5.10 Å². The summed E-state index contributed by atoms with van der Waals surface area (Å²) in [7, 11) is 0. The molecule has 0 aliphatic heterocycles. The zero-order valence-corrected chi connectivity index (χ0v) is 14.2. The molecule has 0 unspecified atom stereocenters. The third-order valence-electron chi connectivity index (χ3n) is 4.83. The van der Waals surface area contributed by atoms with E-state index in [-0.39, 0.29) is 18.6 Å². The molecule has 1 fully saturated rings. The predicted octanol–water partition coefficient (Wildman–Crippen LogP) is 2.17. The van der Waals surface area contributed by atoms with Crippen molar-refractivity contribution in [3.63, 3.8) is 0 Å². The van der Waals surface area contributed by atoms with E-state index in [9.17, 15) is 9.90 Å². The van der Waals surface area contributed by atoms with Crippen molar-refractivity contribution in [3.05, 3.63) is 41.2 Å². The first kappa shape index (κ1) is 16.6. The number of aryl methyl sites for hydroxylation is 1. The molecule has 1 aliphatic carbocycles. The number of aliphatic hydroxyl groups is 1. The number of nitrogens with zero attached hydrogens (tertiary/aromatic N) is 3. The largest absolute Gasteiger partial charge is 0.396 e. The summed E-state index contributed by atoms with van der Waals surface area (Å²) in [4.78, 5) is 12.5. The number of carbonyl (C=O) groups excluding carboxylic acids is 1. The van der Waals surface area contributed by atoms with E-state index < -0.39 is 0 Å². The zero-order valence-electron chi connectivity index (χ0n) is 14.2. The molecule has 0 spiro atoms. The molecule has 6 heteroatoms. The smallest absolute Gasteiger partial charge is 0.273 e. The molecule has 24 heavy (non-hydrogen) atoms. The van der Waals surface area contributed by atoms with Crippen molar-refractivity contribution in [1.29, 1.82) is 0 Å². The van der Waals surface area contributed by atoms with Crippen LogP contribution in [0.5, 0.6) is 0 Å². The van der Waals surface area contributed by atoms with Crippen LogP contribution in [0.2, 0.25) is 0 Å². The molecule has 6 nitrogen and oxygen atoms in total. The van der Waals surface area contributed by atoms with E-state index in [1.54, 1.807) is 4.68 Å². The molecule has 0 saturated heterocycles. The van der Waals surface area contributed by atoms with E-state index in [1.807, 2.05) is 38.1 Å². The van der Waals surface area contributed by atoms with Gasteiger partial charge in [-0.25, -0.2) is 4.68 Å². The molecule has 1 heterocycles. The Kier molecular flexibility index (Phi) is 4.94. The molecule has 1 amide bonds. The lowest BCUT2D eigenvalue weighted by Gasteiger charge is -2.27. The van der Waals surface area contributed by atoms with Gasteiger partial charge >= 0.3 is 0 Å². The Bertz CT molecular complexity index is 700. The fourth-order valence-electron chi connectivity index (χ4n) is 3.21. The highest BCUT2D eigenvalue weighted by Gasteiger charge is 2.24. The molecule has 0 atom stereocenters. The Hall–Kier alpha value is -2.21. The van der Waals surface area contributed by atoms with Crippen LogP contribution in [0.4, 0.5) is 0 Å². The highest BCUT2D eigenvalue weighted by molar-refractivity contribution is 5.93. The van der Waals surface area contributed by atoms with Crippen LogP contribution in [0, 0.1) is 19.8 Å². The topological polar surface area (TPSA) is 80.0 Å². The maximum atomic E-state index is 12.5. The number of benzene rings is 1. The average Bonchev–Trinajstić information content (AvgIpc) is 2.98. The van der Waals surface area contributed by atoms with Gasteiger partial charge in [0, 0.05) is 12.6 Å². The summed E-state index contributed by atoms with van der Waals surface area (Å²) in [6.45, 7) is 4.13. The number of rotatable bonds is 4. The van der Waals surface area contributed by atoms with Crippen molar-refractivity contribution in [2.45, 2.75) is 45.6 Å². The van der Waals surface area contributed by atoms with Gasteiger partial charge in [0.25, 0.3) is 5.91 Å². The standard InChI is InChI=1S/C18H24N4O2/c1-12-3-9-16(10-4-12)22-13(2)17(20-21-22)18(24)19-15-7-5-14(11-23)6-8-15/h3-4,9-10,14-15,23H,5-8,11H2,1-2H3,(H,19,24). The van der Waals surface area contributed by atoms with E-state index in [2.05, 4.69) is 15.6 Å². The SMILES string of the molecule is Cc1ccc(-n2nnc(C(=O)NC3CCC(CO)CC3)c2C)cc1. The lowest BCUT2D eigenvalue weighted by Crippen LogP contribution is -2.38. The molecule has 3 rings (SSSR count). The first-order chi connectivity index (χ1) is 11.6. The predicted molar refractivity (Wildman–Crippen MR) is 91.1 cm³/mol. The number of hydrogen-bond donors (Lipinski definition) is 2. The van der Waals surface area contributed by atoms with Gasteiger partial charge in [-0.1, -0.05) is 22.9 Å². The van der Waals surface area contributed by atoms with Gasteiger partial charge in [-0.05, 0) is 57.6 Å². The van der Waals surface area contributed by atoms with Crippen LogP contribution in [0.15, 0.2) is 24.3 Å². The second-order valence-corrected chi connectivity index (χ2v) is 6.64. The normalized spacial score (nSPS) is 20.8. The summed E-state index contributed by atoms with van der Waals surface area (Å²) >= 11 is 0. The molecule has 1 aromatic carbocycles. The first-order valence-electron chi connectivity index (χ1n) is 8.49. The molecular weight excluding hydrogens is 304 g/mol. The Balaban J connectivity index is 1.69. The third kappa shape index (κ3) is 3.48. The number of carbonyl (C=O) groups is 1. The minimum Gasteiger partial charge on any atom is -0.396 e. The second kappa shape index (κ2) is 7.13. The summed E-state index contributed by atoms with van der Waals surface area (Å²) in [6, 6.07) is 8.11. The van der Waals surface area contributed by atoms with Crippen molar-refractivity contribution in [2.75, 3.05) is 6.61 Å². The molecular formula is C18H24N4O2. The number of amides is 1. The quantitative estimate of drug-likeness (QED) is 0.901. The van der Waals surface area contributed by atoms with Crippen molar-refractivity contribution in [1.82, 2.24) is 20.3 Å². The minimum atomic E-state index is -0.168. The van der Waals surface area contributed by atoms with Crippen LogP contribution < -0.4 is 5.32 Å². The summed E-state index contributed by atoms with van der Waals surface area (Å²) in [5, 5.41) is 20.5. The molecule has 1 aliphatic rings. The number of aromatic nitrogens is 3. The van der Waals surface area contributed by atoms with E-state index in [0.717, 1.165) is 37.1 Å². The summed E-state index contributed by atoms with van der Waals surface area (Å²) in [6.07, 6.45) is 3.72. The molecule has 0 bridgehead atoms. The third-order valence-corrected chi connectivity index (χ3v) is 4.83. The Labute approximate surface area is 141 Å². The molecule has 1 aromatic heterocycles. The lowest BCUT2D eigenvalue weighted by atomic mass is 9.86. The number of hydrogen-bond acceptors (Lipinski definition) is 4. The molecule has 2 N–H and O–H groups in total. The van der Waals surface area contributed by atoms with E-state index >= 15 is 0 Å². The summed E-state index contributed by atoms with van der Waals surface area (Å²) < 4.78 is 1.69. The van der Waals surface area contributed by atoms with Crippen LogP contribution in [0.3, 0.4) is 0 Å². The van der Waals surface area contributed by atoms with E-state index in [4.69, 9.17) is 0 Å². The number of nitrogens with one attached hydrogen (secondary N) is 1. The van der Waals surface area contributed by atoms with E-state index in [1.165, 1.54) is 5.56 Å². The van der Waals surface area contributed by atoms with Gasteiger partial charge in [-0.2, -0.15) is 0 Å². The average molecular weight is 328 g/mol. The van der Waals surface area contributed by atoms with Crippen molar-refractivity contribution < 1.29 is 9.90 Å². The fraction of sp³-hybridized carbons (Fsp3) is 0.500. The Morgan fingerprint density at radius 2 is 1.88 bits per heavy atom. The Morgan fingerprint density at radius 3 is 2.50 bits per heavy atom. The monoisotopic (exact) mass is 328 g/mol. The fourth-order valence-corrected chi connectivity index (χ4v) is 3.21. The Morgan fingerprint density at radius 1 is 1.21 bits per heavy atom. The molecule has 2 aromatic rings. The van der Waals surface area contributed by atoms with Gasteiger partial charge in [-0.3, -0.25) is 4.79 Å². The van der Waals surface area contributed by atoms with Crippen LogP contribution >= 0.6 is 0 Å².